The smallest absolute Gasteiger partial charge is 0.337 e. The van der Waals surface area contributed by atoms with Gasteiger partial charge in [0.15, 0.2) is 0 Å². The van der Waals surface area contributed by atoms with Gasteiger partial charge in [-0.2, -0.15) is 0 Å². The summed E-state index contributed by atoms with van der Waals surface area (Å²) in [5, 5.41) is 11.0. The Bertz CT molecular complexity index is 1240. The first kappa shape index (κ1) is 21.0. The molecule has 1 unspecified atom stereocenters. The highest BCUT2D eigenvalue weighted by molar-refractivity contribution is 6.51. The summed E-state index contributed by atoms with van der Waals surface area (Å²) in [6, 6.07) is 11.9. The van der Waals surface area contributed by atoms with E-state index in [1.807, 2.05) is 0 Å². The van der Waals surface area contributed by atoms with Crippen molar-refractivity contribution in [2.45, 2.75) is 13.0 Å². The van der Waals surface area contributed by atoms with Crippen molar-refractivity contribution < 1.29 is 33.0 Å². The molecule has 8 heteroatoms. The first-order valence-electron chi connectivity index (χ1n) is 9.62. The first-order valence-corrected chi connectivity index (χ1v) is 9.62. The lowest BCUT2D eigenvalue weighted by Crippen LogP contribution is -2.29. The standard InChI is InChI=1S/C24H18FNO6/c1-13-12-15(7-10-17(13)25)21(27)19-20(18-4-3-11-32-18)26(23(29)22(19)28)16-8-5-14(6-9-16)24(30)31-2/h3-12,20,27H,1-2H3/b21-19-. The Labute approximate surface area is 182 Å². The van der Waals surface area contributed by atoms with Crippen molar-refractivity contribution in [2.75, 3.05) is 12.0 Å². The van der Waals surface area contributed by atoms with Gasteiger partial charge in [-0.1, -0.05) is 0 Å². The Hall–Kier alpha value is -4.20. The number of benzene rings is 2. The summed E-state index contributed by atoms with van der Waals surface area (Å²) in [5.74, 6) is -2.99. The van der Waals surface area contributed by atoms with E-state index in [0.29, 0.717) is 5.69 Å². The normalized spacial score (nSPS) is 17.6. The zero-order chi connectivity index (χ0) is 23.0. The van der Waals surface area contributed by atoms with Gasteiger partial charge in [-0.15, -0.1) is 0 Å². The van der Waals surface area contributed by atoms with Crippen molar-refractivity contribution >= 4 is 29.1 Å². The second-order valence-electron chi connectivity index (χ2n) is 7.19. The lowest BCUT2D eigenvalue weighted by molar-refractivity contribution is -0.132. The van der Waals surface area contributed by atoms with Crippen LogP contribution in [-0.4, -0.2) is 29.9 Å². The van der Waals surface area contributed by atoms with Crippen LogP contribution in [0.15, 0.2) is 70.9 Å². The highest BCUT2D eigenvalue weighted by atomic mass is 19.1. The van der Waals surface area contributed by atoms with Gasteiger partial charge in [0.25, 0.3) is 11.7 Å². The molecule has 2 heterocycles. The number of carbonyl (C=O) groups excluding carboxylic acids is 3. The van der Waals surface area contributed by atoms with Crippen molar-refractivity contribution in [1.82, 2.24) is 0 Å². The number of ketones is 1. The Morgan fingerprint density at radius 2 is 1.78 bits per heavy atom. The molecule has 0 saturated carbocycles. The minimum atomic E-state index is -1.06. The van der Waals surface area contributed by atoms with Crippen LogP contribution >= 0.6 is 0 Å². The molecule has 4 rings (SSSR count). The van der Waals surface area contributed by atoms with Crippen molar-refractivity contribution in [2.24, 2.45) is 0 Å². The van der Waals surface area contributed by atoms with Crippen molar-refractivity contribution in [3.8, 4) is 0 Å². The molecule has 162 valence electrons. The maximum Gasteiger partial charge on any atom is 0.337 e. The summed E-state index contributed by atoms with van der Waals surface area (Å²) < 4.78 is 23.9. The monoisotopic (exact) mass is 435 g/mol. The molecule has 0 spiro atoms. The Balaban J connectivity index is 1.87. The van der Waals surface area contributed by atoms with Crippen molar-refractivity contribution in [1.29, 1.82) is 0 Å². The minimum absolute atomic E-state index is 0.187. The van der Waals surface area contributed by atoms with Gasteiger partial charge >= 0.3 is 5.97 Å². The van der Waals surface area contributed by atoms with E-state index in [0.717, 1.165) is 0 Å². The summed E-state index contributed by atoms with van der Waals surface area (Å²) in [7, 11) is 1.25. The van der Waals surface area contributed by atoms with Gasteiger partial charge in [0, 0.05) is 11.3 Å². The predicted molar refractivity (Wildman–Crippen MR) is 112 cm³/mol. The number of nitrogens with zero attached hydrogens (tertiary/aromatic N) is 1. The lowest BCUT2D eigenvalue weighted by Gasteiger charge is -2.23. The van der Waals surface area contributed by atoms with Crippen LogP contribution in [0, 0.1) is 12.7 Å². The summed E-state index contributed by atoms with van der Waals surface area (Å²) in [4.78, 5) is 38.9. The molecule has 2 aromatic carbocycles. The summed E-state index contributed by atoms with van der Waals surface area (Å²) in [5.41, 5.74) is 0.864. The number of aryl methyl sites for hydroxylation is 1. The average molecular weight is 435 g/mol. The van der Waals surface area contributed by atoms with E-state index < -0.39 is 35.3 Å². The highest BCUT2D eigenvalue weighted by Crippen LogP contribution is 2.42. The van der Waals surface area contributed by atoms with Gasteiger partial charge in [0.2, 0.25) is 0 Å². The molecule has 1 atom stereocenters. The molecule has 1 N–H and O–H groups in total. The van der Waals surface area contributed by atoms with E-state index in [9.17, 15) is 23.9 Å². The number of hydrogen-bond acceptors (Lipinski definition) is 6. The number of aliphatic hydroxyl groups is 1. The zero-order valence-corrected chi connectivity index (χ0v) is 17.2. The third kappa shape index (κ3) is 3.45. The zero-order valence-electron chi connectivity index (χ0n) is 17.2. The molecule has 1 amide bonds. The number of anilines is 1. The number of ether oxygens (including phenoxy) is 1. The fourth-order valence-electron chi connectivity index (χ4n) is 3.64. The summed E-state index contributed by atoms with van der Waals surface area (Å²) in [6.45, 7) is 1.53. The molecule has 7 nitrogen and oxygen atoms in total. The number of furan rings is 1. The molecule has 0 radical (unpaired) electrons. The molecule has 1 aliphatic heterocycles. The van der Waals surface area contributed by atoms with Crippen LogP contribution < -0.4 is 4.90 Å². The van der Waals surface area contributed by atoms with Gasteiger partial charge < -0.3 is 14.3 Å². The molecule has 32 heavy (non-hydrogen) atoms. The van der Waals surface area contributed by atoms with Crippen LogP contribution in [0.25, 0.3) is 5.76 Å². The number of rotatable bonds is 4. The molecule has 1 aromatic heterocycles. The fraction of sp³-hybridized carbons (Fsp3) is 0.125. The summed E-state index contributed by atoms with van der Waals surface area (Å²) in [6.07, 6.45) is 1.39. The maximum absolute atomic E-state index is 13.7. The Kier molecular flexibility index (Phi) is 5.36. The van der Waals surface area contributed by atoms with E-state index in [1.54, 1.807) is 12.1 Å². The average Bonchev–Trinajstić information content (AvgIpc) is 3.42. The van der Waals surface area contributed by atoms with Crippen molar-refractivity contribution in [3.63, 3.8) is 0 Å². The van der Waals surface area contributed by atoms with Gasteiger partial charge in [-0.3, -0.25) is 14.5 Å². The third-order valence-electron chi connectivity index (χ3n) is 5.26. The number of Topliss-reactive ketones (excluding diaryl/α,β-unsaturated/α-hetero) is 1. The number of hydrogen-bond donors (Lipinski definition) is 1. The van der Waals surface area contributed by atoms with Gasteiger partial charge in [-0.25, -0.2) is 9.18 Å². The number of esters is 1. The van der Waals surface area contributed by atoms with E-state index >= 15 is 0 Å². The first-order chi connectivity index (χ1) is 15.3. The molecule has 3 aromatic rings. The summed E-state index contributed by atoms with van der Waals surface area (Å²) >= 11 is 0. The second kappa shape index (κ2) is 8.14. The Morgan fingerprint density at radius 3 is 2.38 bits per heavy atom. The number of carbonyl (C=O) groups is 3. The van der Waals surface area contributed by atoms with Crippen molar-refractivity contribution in [3.05, 3.63) is 94.7 Å². The number of halogens is 1. The topological polar surface area (TPSA) is 97.0 Å². The largest absolute Gasteiger partial charge is 0.507 e. The highest BCUT2D eigenvalue weighted by Gasteiger charge is 2.48. The van der Waals surface area contributed by atoms with Gasteiger partial charge in [0.1, 0.15) is 23.4 Å². The quantitative estimate of drug-likeness (QED) is 0.286. The van der Waals surface area contributed by atoms with Crippen LogP contribution in [0.1, 0.15) is 33.3 Å². The molecule has 1 fully saturated rings. The minimum Gasteiger partial charge on any atom is -0.507 e. The second-order valence-corrected chi connectivity index (χ2v) is 7.19. The lowest BCUT2D eigenvalue weighted by atomic mass is 9.98. The molecule has 1 saturated heterocycles. The van der Waals surface area contributed by atoms with Gasteiger partial charge in [-0.05, 0) is 67.1 Å². The molecular formula is C24H18FNO6. The number of amides is 1. The fourth-order valence-corrected chi connectivity index (χ4v) is 3.64. The van der Waals surface area contributed by atoms with Crippen LogP contribution in [-0.2, 0) is 14.3 Å². The number of methoxy groups -OCH3 is 1. The van der Waals surface area contributed by atoms with Crippen LogP contribution in [0.2, 0.25) is 0 Å². The molecular weight excluding hydrogens is 417 g/mol. The Morgan fingerprint density at radius 1 is 1.09 bits per heavy atom. The molecule has 1 aliphatic rings. The third-order valence-corrected chi connectivity index (χ3v) is 5.26. The van der Waals surface area contributed by atoms with Crippen LogP contribution in [0.4, 0.5) is 10.1 Å². The van der Waals surface area contributed by atoms with E-state index in [-0.39, 0.29) is 28.0 Å². The van der Waals surface area contributed by atoms with Gasteiger partial charge in [0.05, 0.1) is 24.5 Å². The van der Waals surface area contributed by atoms with E-state index in [2.05, 4.69) is 4.74 Å². The van der Waals surface area contributed by atoms with Crippen LogP contribution in [0.5, 0.6) is 0 Å². The maximum atomic E-state index is 13.7. The predicted octanol–water partition coefficient (Wildman–Crippen LogP) is 4.14. The molecule has 0 aliphatic carbocycles. The van der Waals surface area contributed by atoms with Crippen LogP contribution in [0.3, 0.4) is 0 Å². The van der Waals surface area contributed by atoms with E-state index in [1.165, 1.54) is 67.7 Å². The molecule has 0 bridgehead atoms. The van der Waals surface area contributed by atoms with E-state index in [4.69, 9.17) is 4.42 Å². The SMILES string of the molecule is COC(=O)c1ccc(N2C(=O)C(=O)/C(=C(\O)c3ccc(F)c(C)c3)C2c2ccco2)cc1. The number of aliphatic hydroxyl groups excluding tert-OH is 1.